The fourth-order valence-corrected chi connectivity index (χ4v) is 7.22. The first kappa shape index (κ1) is 37.7. The van der Waals surface area contributed by atoms with E-state index in [9.17, 15) is 29.3 Å². The molecule has 4 N–H and O–H groups in total. The van der Waals surface area contributed by atoms with Gasteiger partial charge in [-0.15, -0.1) is 0 Å². The highest BCUT2D eigenvalue weighted by molar-refractivity contribution is 6.12. The van der Waals surface area contributed by atoms with Crippen molar-refractivity contribution in [2.24, 2.45) is 0 Å². The number of fused-ring (bicyclic) bond motifs is 15. The molecule has 2 aromatic heterocycles. The first-order valence-corrected chi connectivity index (χ1v) is 18.2. The molecule has 15 heteroatoms. The summed E-state index contributed by atoms with van der Waals surface area (Å²) in [5, 5.41) is 25.9. The van der Waals surface area contributed by atoms with Gasteiger partial charge in [0.2, 0.25) is 11.8 Å². The van der Waals surface area contributed by atoms with Crippen LogP contribution in [-0.2, 0) is 22.4 Å². The number of carbonyl (C=O) groups excluding carboxylic acids is 4. The number of amides is 4. The lowest BCUT2D eigenvalue weighted by Gasteiger charge is -2.22. The summed E-state index contributed by atoms with van der Waals surface area (Å²) in [6, 6.07) is 31.6. The van der Waals surface area contributed by atoms with Crippen molar-refractivity contribution in [3.8, 4) is 22.6 Å². The van der Waals surface area contributed by atoms with E-state index in [1.54, 1.807) is 24.3 Å². The average molecular weight is 788 g/mol. The van der Waals surface area contributed by atoms with Crippen LogP contribution in [0.1, 0.15) is 31.8 Å². The summed E-state index contributed by atoms with van der Waals surface area (Å²) in [7, 11) is 3.05. The quantitative estimate of drug-likeness (QED) is 0.102. The minimum Gasteiger partial charge on any atom is -0.496 e. The maximum absolute atomic E-state index is 13.8. The van der Waals surface area contributed by atoms with Crippen LogP contribution in [0.5, 0.6) is 11.5 Å². The second-order valence-electron chi connectivity index (χ2n) is 13.5. The molecule has 0 saturated heterocycles. The molecule has 15 nitrogen and oxygen atoms in total. The second-order valence-corrected chi connectivity index (χ2v) is 13.5. The molecule has 0 spiro atoms. The Balaban J connectivity index is 1.30. The highest BCUT2D eigenvalue weighted by atomic mass is 16.6. The van der Waals surface area contributed by atoms with Gasteiger partial charge in [0.1, 0.15) is 34.8 Å². The third kappa shape index (κ3) is 7.67. The fourth-order valence-electron chi connectivity index (χ4n) is 7.22. The summed E-state index contributed by atoms with van der Waals surface area (Å²) < 4.78 is 12.3. The molecular formula is C44H33N7O8. The number of methoxy groups -OCH3 is 2. The second kappa shape index (κ2) is 15.7. The highest BCUT2D eigenvalue weighted by Crippen LogP contribution is 2.48. The van der Waals surface area contributed by atoms with Gasteiger partial charge >= 0.3 is 0 Å². The summed E-state index contributed by atoms with van der Waals surface area (Å²) >= 11 is 0. The van der Waals surface area contributed by atoms with Crippen LogP contribution in [0.4, 0.5) is 29.0 Å². The molecule has 1 aliphatic heterocycles. The van der Waals surface area contributed by atoms with Gasteiger partial charge in [-0.25, -0.2) is 9.97 Å². The third-order valence-electron chi connectivity index (χ3n) is 9.69. The molecular weight excluding hydrogens is 755 g/mol. The summed E-state index contributed by atoms with van der Waals surface area (Å²) in [6.45, 7) is 0. The van der Waals surface area contributed by atoms with E-state index < -0.39 is 34.2 Å². The van der Waals surface area contributed by atoms with Crippen molar-refractivity contribution in [2.45, 2.75) is 12.8 Å². The predicted molar refractivity (Wildman–Crippen MR) is 222 cm³/mol. The molecule has 4 amide bonds. The van der Waals surface area contributed by atoms with Crippen LogP contribution in [0.25, 0.3) is 32.7 Å². The number of ether oxygens (including phenoxy) is 2. The van der Waals surface area contributed by atoms with Crippen LogP contribution in [0.2, 0.25) is 0 Å². The maximum Gasteiger partial charge on any atom is 0.271 e. The Hall–Kier alpha value is -8.20. The van der Waals surface area contributed by atoms with E-state index >= 15 is 0 Å². The molecule has 1 aliphatic rings. The van der Waals surface area contributed by atoms with E-state index in [1.165, 1.54) is 32.4 Å². The number of aromatic nitrogens is 2. The molecule has 59 heavy (non-hydrogen) atoms. The molecule has 7 aromatic rings. The Bertz CT molecular complexity index is 2710. The number of benzene rings is 5. The number of nitro groups is 1. The zero-order valence-electron chi connectivity index (χ0n) is 31.5. The molecule has 0 radical (unpaired) electrons. The number of hydrogen-bond donors (Lipinski definition) is 4. The fraction of sp³-hybridized carbons (Fsp3) is 0.0909. The van der Waals surface area contributed by atoms with Crippen molar-refractivity contribution in [3.05, 3.63) is 148 Å². The number of rotatable bonds is 3. The molecule has 8 rings (SSSR count). The van der Waals surface area contributed by atoms with E-state index in [0.29, 0.717) is 33.8 Å². The van der Waals surface area contributed by atoms with E-state index in [0.717, 1.165) is 33.7 Å². The summed E-state index contributed by atoms with van der Waals surface area (Å²) in [5.41, 5.74) is 1.51. The number of pyridine rings is 2. The number of anilines is 4. The van der Waals surface area contributed by atoms with Gasteiger partial charge in [0.05, 0.1) is 32.0 Å². The van der Waals surface area contributed by atoms with Gasteiger partial charge in [-0.05, 0) is 64.0 Å². The van der Waals surface area contributed by atoms with Gasteiger partial charge in [0, 0.05) is 45.5 Å². The van der Waals surface area contributed by atoms with Crippen molar-refractivity contribution in [3.63, 3.8) is 0 Å². The van der Waals surface area contributed by atoms with Crippen LogP contribution in [-0.4, -0.2) is 52.7 Å². The SMILES string of the molecule is COc1c2cc3ccccc3c1-c1c(OC)c(cc3ccccc13)CC(=O)Nc1cccc(n1)NC(=O)c1cc(cc([N+](=O)[O-])c1)C(=O)Nc1cccc(n1)NC(=O)C2. The van der Waals surface area contributed by atoms with E-state index in [4.69, 9.17) is 9.47 Å². The van der Waals surface area contributed by atoms with E-state index in [-0.39, 0.29) is 47.2 Å². The number of carbonyl (C=O) groups is 4. The van der Waals surface area contributed by atoms with Gasteiger partial charge in [-0.2, -0.15) is 0 Å². The molecule has 292 valence electrons. The normalized spacial score (nSPS) is 13.3. The standard InChI is InChI=1S/C44H33N7O8/c1-58-41-26-17-24-9-3-5-11-31(24)39(41)40-32-12-6-4-10-25(32)18-27(42(40)59-2)23-38(53)48-34-14-8-16-36(46-34)50-44(55)29-19-28(20-30(21-29)51(56)57)43(54)49-35-15-7-13-33(45-35)47-37(52)22-26/h3-21H,22-23H2,1-2H3,(H2,45,47,49,52,54)(H2,46,48,50,53,55). The lowest BCUT2D eigenvalue weighted by molar-refractivity contribution is -0.384. The third-order valence-corrected chi connectivity index (χ3v) is 9.69. The zero-order valence-corrected chi connectivity index (χ0v) is 31.5. The number of non-ortho nitro benzene ring substituents is 1. The van der Waals surface area contributed by atoms with Crippen molar-refractivity contribution in [1.29, 1.82) is 0 Å². The average Bonchev–Trinajstić information content (AvgIpc) is 3.22. The Labute approximate surface area is 335 Å². The maximum atomic E-state index is 13.8. The van der Waals surface area contributed by atoms with Gasteiger partial charge in [-0.3, -0.25) is 29.3 Å². The topological polar surface area (TPSA) is 204 Å². The molecule has 10 bridgehead atoms. The van der Waals surface area contributed by atoms with Crippen molar-refractivity contribution >= 4 is 74.1 Å². The van der Waals surface area contributed by atoms with Crippen LogP contribution in [0.15, 0.2) is 115 Å². The number of hydrogen-bond acceptors (Lipinski definition) is 10. The van der Waals surface area contributed by atoms with Gasteiger partial charge in [0.15, 0.2) is 0 Å². The Kier molecular flexibility index (Phi) is 10.1. The molecule has 0 saturated carbocycles. The molecule has 3 heterocycles. The lowest BCUT2D eigenvalue weighted by atomic mass is 9.87. The number of nitrogens with zero attached hydrogens (tertiary/aromatic N) is 3. The van der Waals surface area contributed by atoms with E-state index in [1.807, 2.05) is 60.7 Å². The summed E-state index contributed by atoms with van der Waals surface area (Å²) in [5.74, 6) is -1.35. The largest absolute Gasteiger partial charge is 0.496 e. The minimum absolute atomic E-state index is 0.0309. The monoisotopic (exact) mass is 787 g/mol. The van der Waals surface area contributed by atoms with Crippen molar-refractivity contribution in [1.82, 2.24) is 9.97 Å². The number of nitrogens with one attached hydrogen (secondary N) is 4. The first-order valence-electron chi connectivity index (χ1n) is 18.2. The zero-order chi connectivity index (χ0) is 41.2. The summed E-state index contributed by atoms with van der Waals surface area (Å²) in [4.78, 5) is 74.4. The number of nitro benzene ring substituents is 1. The smallest absolute Gasteiger partial charge is 0.271 e. The van der Waals surface area contributed by atoms with Crippen molar-refractivity contribution < 1.29 is 33.6 Å². The van der Waals surface area contributed by atoms with Crippen LogP contribution in [0.3, 0.4) is 0 Å². The summed E-state index contributed by atoms with van der Waals surface area (Å²) in [6.07, 6.45) is -0.293. The van der Waals surface area contributed by atoms with Crippen LogP contribution in [0, 0.1) is 10.1 Å². The van der Waals surface area contributed by atoms with Gasteiger partial charge < -0.3 is 30.7 Å². The van der Waals surface area contributed by atoms with Crippen molar-refractivity contribution in [2.75, 3.05) is 35.5 Å². The molecule has 5 aromatic carbocycles. The van der Waals surface area contributed by atoms with Crippen LogP contribution >= 0.6 is 0 Å². The Morgan fingerprint density at radius 1 is 0.542 bits per heavy atom. The Morgan fingerprint density at radius 2 is 0.949 bits per heavy atom. The Morgan fingerprint density at radius 3 is 1.36 bits per heavy atom. The highest BCUT2D eigenvalue weighted by Gasteiger charge is 2.26. The molecule has 0 fully saturated rings. The first-order chi connectivity index (χ1) is 28.6. The van der Waals surface area contributed by atoms with Gasteiger partial charge in [0.25, 0.3) is 17.5 Å². The molecule has 0 aliphatic carbocycles. The predicted octanol–water partition coefficient (Wildman–Crippen LogP) is 7.56. The lowest BCUT2D eigenvalue weighted by Crippen LogP contribution is -2.19. The molecule has 0 atom stereocenters. The minimum atomic E-state index is -0.799. The van der Waals surface area contributed by atoms with Crippen LogP contribution < -0.4 is 30.7 Å². The molecule has 0 unspecified atom stereocenters. The van der Waals surface area contributed by atoms with E-state index in [2.05, 4.69) is 31.2 Å². The van der Waals surface area contributed by atoms with Gasteiger partial charge in [-0.1, -0.05) is 60.7 Å².